The Bertz CT molecular complexity index is 726. The number of carbonyl (C=O) groups excluding carboxylic acids is 1. The van der Waals surface area contributed by atoms with Crippen LogP contribution in [0.3, 0.4) is 0 Å². The van der Waals surface area contributed by atoms with Gasteiger partial charge in [-0.05, 0) is 12.1 Å². The summed E-state index contributed by atoms with van der Waals surface area (Å²) < 4.78 is 9.92. The van der Waals surface area contributed by atoms with Gasteiger partial charge in [-0.15, -0.1) is 0 Å². The van der Waals surface area contributed by atoms with Gasteiger partial charge in [-0.25, -0.2) is 4.79 Å². The van der Waals surface area contributed by atoms with Gasteiger partial charge in [0.15, 0.2) is 0 Å². The van der Waals surface area contributed by atoms with E-state index in [0.29, 0.717) is 0 Å². The molecule has 0 spiro atoms. The van der Waals surface area contributed by atoms with Crippen LogP contribution in [0, 0.1) is 0 Å². The molecule has 1 aromatic heterocycles. The molecule has 8 heteroatoms. The van der Waals surface area contributed by atoms with Crippen LogP contribution < -0.4 is 9.47 Å². The number of rotatable bonds is 5. The lowest BCUT2D eigenvalue weighted by molar-refractivity contribution is 0.0693. The monoisotopic (exact) mass is 322 g/mol. The Labute approximate surface area is 130 Å². The van der Waals surface area contributed by atoms with Gasteiger partial charge in [-0.2, -0.15) is 9.97 Å². The average molecular weight is 323 g/mol. The Kier molecular flexibility index (Phi) is 4.57. The van der Waals surface area contributed by atoms with E-state index in [1.54, 1.807) is 0 Å². The molecule has 1 aromatic carbocycles. The van der Waals surface area contributed by atoms with E-state index in [2.05, 4.69) is 9.97 Å². The van der Waals surface area contributed by atoms with Crippen molar-refractivity contribution in [3.8, 4) is 11.8 Å². The van der Waals surface area contributed by atoms with Crippen LogP contribution in [-0.2, 0) is 0 Å². The van der Waals surface area contributed by atoms with Crippen molar-refractivity contribution in [2.75, 3.05) is 14.2 Å². The van der Waals surface area contributed by atoms with E-state index in [1.807, 2.05) is 0 Å². The molecule has 0 bridgehead atoms. The second-order valence-electron chi connectivity index (χ2n) is 4.07. The van der Waals surface area contributed by atoms with Crippen LogP contribution in [0.1, 0.15) is 26.5 Å². The van der Waals surface area contributed by atoms with Crippen molar-refractivity contribution in [2.24, 2.45) is 0 Å². The number of methoxy groups -OCH3 is 2. The number of hydrogen-bond donors (Lipinski definition) is 1. The number of ketones is 1. The van der Waals surface area contributed by atoms with Gasteiger partial charge in [0.1, 0.15) is 0 Å². The van der Waals surface area contributed by atoms with Crippen LogP contribution in [0.15, 0.2) is 24.3 Å². The van der Waals surface area contributed by atoms with Gasteiger partial charge in [0.25, 0.3) is 0 Å². The number of nitrogens with zero attached hydrogens (tertiary/aromatic N) is 2. The molecule has 1 heterocycles. The molecule has 0 radical (unpaired) electrons. The number of carbonyl (C=O) groups is 2. The summed E-state index contributed by atoms with van der Waals surface area (Å²) in [5.74, 6) is -2.02. The third-order valence-corrected chi connectivity index (χ3v) is 3.09. The largest absolute Gasteiger partial charge is 0.481 e. The van der Waals surface area contributed by atoms with E-state index in [9.17, 15) is 14.7 Å². The van der Waals surface area contributed by atoms with E-state index < -0.39 is 11.8 Å². The summed E-state index contributed by atoms with van der Waals surface area (Å²) in [7, 11) is 2.75. The summed E-state index contributed by atoms with van der Waals surface area (Å²) in [6.45, 7) is 0. The van der Waals surface area contributed by atoms with Crippen molar-refractivity contribution < 1.29 is 24.2 Å². The van der Waals surface area contributed by atoms with Crippen LogP contribution in [0.2, 0.25) is 5.02 Å². The van der Waals surface area contributed by atoms with Gasteiger partial charge in [0.05, 0.1) is 30.9 Å². The molecule has 2 aromatic rings. The number of aromatic carboxylic acids is 1. The molecular formula is C14H11ClN2O5. The number of halogens is 1. The van der Waals surface area contributed by atoms with Crippen molar-refractivity contribution in [1.29, 1.82) is 0 Å². The van der Waals surface area contributed by atoms with E-state index in [1.165, 1.54) is 38.5 Å². The summed E-state index contributed by atoms with van der Waals surface area (Å²) in [5.41, 5.74) is -0.421. The van der Waals surface area contributed by atoms with Crippen LogP contribution in [0.4, 0.5) is 0 Å². The van der Waals surface area contributed by atoms with Crippen molar-refractivity contribution in [2.45, 2.75) is 0 Å². The number of benzene rings is 1. The Morgan fingerprint density at radius 2 is 1.73 bits per heavy atom. The fraction of sp³-hybridized carbons (Fsp3) is 0.143. The molecule has 0 saturated carbocycles. The normalized spacial score (nSPS) is 10.1. The summed E-state index contributed by atoms with van der Waals surface area (Å²) in [4.78, 5) is 31.6. The zero-order valence-corrected chi connectivity index (χ0v) is 12.4. The number of carboxylic acid groups (broad SMARTS) is 1. The Morgan fingerprint density at radius 1 is 1.14 bits per heavy atom. The molecule has 0 amide bonds. The highest BCUT2D eigenvalue weighted by atomic mass is 35.5. The second-order valence-corrected chi connectivity index (χ2v) is 4.48. The number of ether oxygens (including phenoxy) is 2. The highest BCUT2D eigenvalue weighted by Gasteiger charge is 2.23. The summed E-state index contributed by atoms with van der Waals surface area (Å²) in [6, 6.07) is 5.59. The predicted octanol–water partition coefficient (Wildman–Crippen LogP) is 2.08. The number of hydrogen-bond acceptors (Lipinski definition) is 6. The molecule has 7 nitrogen and oxygen atoms in total. The smallest absolute Gasteiger partial charge is 0.337 e. The second kappa shape index (κ2) is 6.40. The third-order valence-electron chi connectivity index (χ3n) is 2.77. The maximum Gasteiger partial charge on any atom is 0.337 e. The molecule has 1 N–H and O–H groups in total. The van der Waals surface area contributed by atoms with Crippen molar-refractivity contribution in [3.63, 3.8) is 0 Å². The molecule has 0 aliphatic rings. The Morgan fingerprint density at radius 3 is 2.23 bits per heavy atom. The van der Waals surface area contributed by atoms with E-state index >= 15 is 0 Å². The standard InChI is InChI=1S/C14H11ClN2O5/c1-21-9-6-10(22-2)17-13(16-9)12(18)7-4-3-5-8(15)11(7)14(19)20/h3-6H,1-2H3,(H,19,20). The van der Waals surface area contributed by atoms with Gasteiger partial charge >= 0.3 is 5.97 Å². The molecule has 0 fully saturated rings. The predicted molar refractivity (Wildman–Crippen MR) is 77.0 cm³/mol. The molecule has 0 unspecified atom stereocenters. The van der Waals surface area contributed by atoms with Crippen LogP contribution in [-0.4, -0.2) is 41.0 Å². The minimum absolute atomic E-state index is 0.0480. The van der Waals surface area contributed by atoms with Gasteiger partial charge in [0.2, 0.25) is 23.4 Å². The zero-order valence-electron chi connectivity index (χ0n) is 11.7. The molecule has 22 heavy (non-hydrogen) atoms. The Hall–Kier alpha value is -2.67. The minimum atomic E-state index is -1.32. The summed E-state index contributed by atoms with van der Waals surface area (Å²) in [6.07, 6.45) is 0. The van der Waals surface area contributed by atoms with Crippen molar-refractivity contribution in [3.05, 3.63) is 46.2 Å². The first-order chi connectivity index (χ1) is 10.5. The quantitative estimate of drug-likeness (QED) is 0.841. The first-order valence-electron chi connectivity index (χ1n) is 6.01. The van der Waals surface area contributed by atoms with Gasteiger partial charge < -0.3 is 14.6 Å². The maximum absolute atomic E-state index is 12.5. The Balaban J connectivity index is 2.58. The van der Waals surface area contributed by atoms with E-state index in [-0.39, 0.29) is 33.7 Å². The molecule has 0 aliphatic carbocycles. The van der Waals surface area contributed by atoms with Crippen LogP contribution in [0.25, 0.3) is 0 Å². The fourth-order valence-corrected chi connectivity index (χ4v) is 2.02. The van der Waals surface area contributed by atoms with Crippen LogP contribution >= 0.6 is 11.6 Å². The van der Waals surface area contributed by atoms with Gasteiger partial charge in [-0.3, -0.25) is 4.79 Å². The number of carboxylic acids is 1. The summed E-state index contributed by atoms with van der Waals surface area (Å²) >= 11 is 5.85. The zero-order chi connectivity index (χ0) is 16.3. The maximum atomic E-state index is 12.5. The molecular weight excluding hydrogens is 312 g/mol. The summed E-state index contributed by atoms with van der Waals surface area (Å²) in [5, 5.41) is 9.17. The van der Waals surface area contributed by atoms with E-state index in [4.69, 9.17) is 21.1 Å². The lowest BCUT2D eigenvalue weighted by Crippen LogP contribution is -2.14. The average Bonchev–Trinajstić information content (AvgIpc) is 2.52. The van der Waals surface area contributed by atoms with Crippen molar-refractivity contribution in [1.82, 2.24) is 9.97 Å². The third kappa shape index (κ3) is 2.99. The topological polar surface area (TPSA) is 98.6 Å². The minimum Gasteiger partial charge on any atom is -0.481 e. The lowest BCUT2D eigenvalue weighted by Gasteiger charge is -2.08. The first kappa shape index (κ1) is 15.7. The highest BCUT2D eigenvalue weighted by Crippen LogP contribution is 2.23. The molecule has 0 saturated heterocycles. The molecule has 0 aliphatic heterocycles. The highest BCUT2D eigenvalue weighted by molar-refractivity contribution is 6.34. The van der Waals surface area contributed by atoms with E-state index in [0.717, 1.165) is 0 Å². The van der Waals surface area contributed by atoms with Crippen LogP contribution in [0.5, 0.6) is 11.8 Å². The lowest BCUT2D eigenvalue weighted by atomic mass is 10.0. The molecule has 0 atom stereocenters. The van der Waals surface area contributed by atoms with Gasteiger partial charge in [-0.1, -0.05) is 17.7 Å². The fourth-order valence-electron chi connectivity index (χ4n) is 1.77. The first-order valence-corrected chi connectivity index (χ1v) is 6.39. The molecule has 2 rings (SSSR count). The van der Waals surface area contributed by atoms with Gasteiger partial charge in [0, 0.05) is 5.56 Å². The van der Waals surface area contributed by atoms with Crippen molar-refractivity contribution >= 4 is 23.4 Å². The number of aromatic nitrogens is 2. The SMILES string of the molecule is COc1cc(OC)nc(C(=O)c2cccc(Cl)c2C(=O)O)n1. The molecule has 114 valence electrons.